The highest BCUT2D eigenvalue weighted by Gasteiger charge is 2.21. The SMILES string of the molecule is OBC1CC=C1Cc1ccccc1. The highest BCUT2D eigenvalue weighted by atomic mass is 16.2. The third kappa shape index (κ3) is 1.83. The zero-order valence-electron chi connectivity index (χ0n) is 7.61. The van der Waals surface area contributed by atoms with E-state index in [1.165, 1.54) is 11.1 Å². The lowest BCUT2D eigenvalue weighted by Crippen LogP contribution is -2.14. The molecule has 66 valence electrons. The molecule has 0 amide bonds. The average molecular weight is 172 g/mol. The maximum atomic E-state index is 8.99. The minimum Gasteiger partial charge on any atom is -0.453 e. The Hall–Kier alpha value is -1.02. The largest absolute Gasteiger partial charge is 0.453 e. The molecule has 1 aliphatic carbocycles. The molecule has 1 N–H and O–H groups in total. The summed E-state index contributed by atoms with van der Waals surface area (Å²) >= 11 is 0. The molecule has 1 unspecified atom stereocenters. The summed E-state index contributed by atoms with van der Waals surface area (Å²) in [7, 11) is 0.304. The third-order valence-electron chi connectivity index (χ3n) is 2.66. The van der Waals surface area contributed by atoms with Crippen LogP contribution in [0.15, 0.2) is 42.0 Å². The molecular formula is C11H13BO. The molecule has 2 heteroatoms. The summed E-state index contributed by atoms with van der Waals surface area (Å²) in [5.41, 5.74) is 2.74. The van der Waals surface area contributed by atoms with Gasteiger partial charge >= 0.3 is 0 Å². The molecule has 1 aromatic carbocycles. The van der Waals surface area contributed by atoms with Gasteiger partial charge in [0, 0.05) is 0 Å². The van der Waals surface area contributed by atoms with Gasteiger partial charge in [-0.15, -0.1) is 0 Å². The average Bonchev–Trinajstić information content (AvgIpc) is 2.15. The Morgan fingerprint density at radius 3 is 2.62 bits per heavy atom. The van der Waals surface area contributed by atoms with Gasteiger partial charge in [0.2, 0.25) is 0 Å². The first kappa shape index (κ1) is 8.58. The second-order valence-electron chi connectivity index (χ2n) is 3.56. The smallest absolute Gasteiger partial charge is 0.278 e. The highest BCUT2D eigenvalue weighted by Crippen LogP contribution is 2.33. The van der Waals surface area contributed by atoms with Crippen molar-refractivity contribution in [1.29, 1.82) is 0 Å². The van der Waals surface area contributed by atoms with Crippen molar-refractivity contribution in [2.45, 2.75) is 18.7 Å². The molecule has 0 saturated heterocycles. The van der Waals surface area contributed by atoms with Crippen molar-refractivity contribution in [2.75, 3.05) is 0 Å². The van der Waals surface area contributed by atoms with E-state index in [1.807, 2.05) is 6.07 Å². The van der Waals surface area contributed by atoms with Gasteiger partial charge in [0.1, 0.15) is 0 Å². The highest BCUT2D eigenvalue weighted by molar-refractivity contribution is 6.29. The van der Waals surface area contributed by atoms with E-state index in [9.17, 15) is 0 Å². The van der Waals surface area contributed by atoms with Crippen molar-refractivity contribution < 1.29 is 5.02 Å². The van der Waals surface area contributed by atoms with E-state index >= 15 is 0 Å². The van der Waals surface area contributed by atoms with Crippen molar-refractivity contribution >= 4 is 7.48 Å². The minimum absolute atomic E-state index is 0.304. The minimum atomic E-state index is 0.304. The molecule has 1 nitrogen and oxygen atoms in total. The van der Waals surface area contributed by atoms with Crippen LogP contribution in [0.25, 0.3) is 0 Å². The lowest BCUT2D eigenvalue weighted by atomic mass is 9.65. The lowest BCUT2D eigenvalue weighted by Gasteiger charge is -2.24. The van der Waals surface area contributed by atoms with Gasteiger partial charge in [0.15, 0.2) is 0 Å². The Kier molecular flexibility index (Phi) is 2.50. The molecule has 0 spiro atoms. The van der Waals surface area contributed by atoms with E-state index < -0.39 is 0 Å². The summed E-state index contributed by atoms with van der Waals surface area (Å²) < 4.78 is 0. The maximum Gasteiger partial charge on any atom is 0.278 e. The molecule has 0 bridgehead atoms. The molecule has 0 radical (unpaired) electrons. The molecule has 1 aliphatic rings. The van der Waals surface area contributed by atoms with Gasteiger partial charge in [-0.1, -0.05) is 42.0 Å². The monoisotopic (exact) mass is 172 g/mol. The van der Waals surface area contributed by atoms with E-state index in [2.05, 4.69) is 30.3 Å². The van der Waals surface area contributed by atoms with Crippen LogP contribution >= 0.6 is 0 Å². The van der Waals surface area contributed by atoms with Crippen LogP contribution in [-0.4, -0.2) is 12.5 Å². The van der Waals surface area contributed by atoms with Gasteiger partial charge in [0.05, 0.1) is 0 Å². The van der Waals surface area contributed by atoms with Gasteiger partial charge in [-0.3, -0.25) is 0 Å². The Morgan fingerprint density at radius 1 is 1.31 bits per heavy atom. The van der Waals surface area contributed by atoms with Crippen molar-refractivity contribution in [3.63, 3.8) is 0 Å². The summed E-state index contributed by atoms with van der Waals surface area (Å²) in [4.78, 5) is 0. The zero-order chi connectivity index (χ0) is 9.10. The van der Waals surface area contributed by atoms with Crippen LogP contribution in [0.2, 0.25) is 5.82 Å². The van der Waals surface area contributed by atoms with E-state index in [1.54, 1.807) is 0 Å². The van der Waals surface area contributed by atoms with Gasteiger partial charge in [0.25, 0.3) is 7.48 Å². The van der Waals surface area contributed by atoms with Gasteiger partial charge in [-0.25, -0.2) is 0 Å². The fourth-order valence-electron chi connectivity index (χ4n) is 1.69. The molecule has 13 heavy (non-hydrogen) atoms. The van der Waals surface area contributed by atoms with Crippen LogP contribution in [-0.2, 0) is 6.42 Å². The van der Waals surface area contributed by atoms with E-state index in [-0.39, 0.29) is 0 Å². The molecule has 1 aromatic rings. The van der Waals surface area contributed by atoms with Crippen LogP contribution in [0.1, 0.15) is 12.0 Å². The van der Waals surface area contributed by atoms with Crippen molar-refractivity contribution in [3.8, 4) is 0 Å². The second-order valence-corrected chi connectivity index (χ2v) is 3.56. The van der Waals surface area contributed by atoms with Crippen molar-refractivity contribution in [3.05, 3.63) is 47.5 Å². The Bertz CT molecular complexity index is 305. The molecule has 0 aliphatic heterocycles. The van der Waals surface area contributed by atoms with Gasteiger partial charge < -0.3 is 5.02 Å². The van der Waals surface area contributed by atoms with Crippen molar-refractivity contribution in [2.24, 2.45) is 0 Å². The molecule has 0 saturated carbocycles. The fourth-order valence-corrected chi connectivity index (χ4v) is 1.69. The number of hydrogen-bond donors (Lipinski definition) is 1. The van der Waals surface area contributed by atoms with E-state index in [0.717, 1.165) is 12.8 Å². The maximum absolute atomic E-state index is 8.99. The Morgan fingerprint density at radius 2 is 2.08 bits per heavy atom. The molecule has 2 rings (SSSR count). The molecule has 0 aromatic heterocycles. The normalized spacial score (nSPS) is 20.4. The first-order chi connectivity index (χ1) is 6.40. The molecule has 0 fully saturated rings. The standard InChI is InChI=1S/C11H13BO/c13-12-11-7-6-10(11)8-9-4-2-1-3-5-9/h1-6,11-13H,7-8H2. The van der Waals surface area contributed by atoms with Crippen LogP contribution in [0, 0.1) is 0 Å². The van der Waals surface area contributed by atoms with Crippen LogP contribution in [0.4, 0.5) is 0 Å². The summed E-state index contributed by atoms with van der Waals surface area (Å²) in [6.07, 6.45) is 4.29. The van der Waals surface area contributed by atoms with E-state index in [0.29, 0.717) is 13.3 Å². The summed E-state index contributed by atoms with van der Waals surface area (Å²) in [6, 6.07) is 10.4. The van der Waals surface area contributed by atoms with Gasteiger partial charge in [-0.05, 0) is 24.2 Å². The lowest BCUT2D eigenvalue weighted by molar-refractivity contribution is 0.574. The summed E-state index contributed by atoms with van der Waals surface area (Å²) in [6.45, 7) is 0. The molecular weight excluding hydrogens is 159 g/mol. The number of rotatable bonds is 3. The first-order valence-corrected chi connectivity index (χ1v) is 4.74. The number of allylic oxidation sites excluding steroid dienone is 2. The number of hydrogen-bond acceptors (Lipinski definition) is 1. The topological polar surface area (TPSA) is 20.2 Å². The summed E-state index contributed by atoms with van der Waals surface area (Å²) in [5, 5.41) is 8.99. The Balaban J connectivity index is 2.00. The molecule has 0 heterocycles. The quantitative estimate of drug-likeness (QED) is 0.543. The predicted molar refractivity (Wildman–Crippen MR) is 56.0 cm³/mol. The summed E-state index contributed by atoms with van der Waals surface area (Å²) in [5.74, 6) is 0.431. The van der Waals surface area contributed by atoms with Gasteiger partial charge in [-0.2, -0.15) is 0 Å². The van der Waals surface area contributed by atoms with Crippen LogP contribution in [0.5, 0.6) is 0 Å². The second kappa shape index (κ2) is 3.80. The van der Waals surface area contributed by atoms with Crippen LogP contribution < -0.4 is 0 Å². The van der Waals surface area contributed by atoms with Crippen molar-refractivity contribution in [1.82, 2.24) is 0 Å². The van der Waals surface area contributed by atoms with Crippen LogP contribution in [0.3, 0.4) is 0 Å². The zero-order valence-corrected chi connectivity index (χ0v) is 7.61. The number of benzene rings is 1. The predicted octanol–water partition coefficient (Wildman–Crippen LogP) is 1.69. The first-order valence-electron chi connectivity index (χ1n) is 4.74. The fraction of sp³-hybridized carbons (Fsp3) is 0.273. The third-order valence-corrected chi connectivity index (χ3v) is 2.66. The molecule has 1 atom stereocenters. The van der Waals surface area contributed by atoms with E-state index in [4.69, 9.17) is 5.02 Å². The Labute approximate surface area is 79.4 Å².